The summed E-state index contributed by atoms with van der Waals surface area (Å²) >= 11 is 0. The molecule has 3 fully saturated rings. The number of aliphatic hydroxyl groups is 3. The highest BCUT2D eigenvalue weighted by atomic mass is 16.6. The van der Waals surface area contributed by atoms with Crippen LogP contribution in [0.5, 0.6) is 0 Å². The fraction of sp³-hybridized carbons (Fsp3) is 0.565. The normalized spacial score (nSPS) is 31.0. The summed E-state index contributed by atoms with van der Waals surface area (Å²) in [4.78, 5) is 86.7. The molecule has 0 radical (unpaired) electrons. The Morgan fingerprint density at radius 3 is 2.29 bits per heavy atom. The van der Waals surface area contributed by atoms with Gasteiger partial charge in [-0.25, -0.2) is 14.4 Å². The van der Waals surface area contributed by atoms with Crippen LogP contribution in [0.3, 0.4) is 0 Å². The molecule has 0 unspecified atom stereocenters. The van der Waals surface area contributed by atoms with Crippen LogP contribution in [0.4, 0.5) is 10.5 Å². The number of rotatable bonds is 11. The van der Waals surface area contributed by atoms with E-state index in [4.69, 9.17) is 34.0 Å². The number of hydrogen-bond acceptors (Lipinski definition) is 16. The van der Waals surface area contributed by atoms with Crippen molar-refractivity contribution in [3.05, 3.63) is 87.3 Å². The lowest BCUT2D eigenvalue weighted by atomic mass is 9.44. The number of esters is 4. The molecule has 2 bridgehead atoms. The Hall–Kier alpha value is -5.85. The highest BCUT2D eigenvalue weighted by Crippen LogP contribution is 2.64. The van der Waals surface area contributed by atoms with Gasteiger partial charge in [-0.2, -0.15) is 0 Å². The largest absolute Gasteiger partial charge is 0.456 e. The lowest BCUT2D eigenvalue weighted by Gasteiger charge is -2.67. The maximum atomic E-state index is 15.6. The molecule has 19 heteroatoms. The molecular formula is C46H56N4O15. The molecule has 1 amide bonds. The van der Waals surface area contributed by atoms with E-state index < -0.39 is 118 Å². The Morgan fingerprint density at radius 1 is 1.03 bits per heavy atom. The molecule has 0 spiro atoms. The van der Waals surface area contributed by atoms with Crippen molar-refractivity contribution in [3.8, 4) is 0 Å². The zero-order chi connectivity index (χ0) is 48.0. The minimum absolute atomic E-state index is 0.0372. The average Bonchev–Trinajstić information content (AvgIpc) is 3.23. The summed E-state index contributed by atoms with van der Waals surface area (Å²) in [6, 6.07) is 12.0. The third kappa shape index (κ3) is 8.70. The number of benzene rings is 2. The number of ether oxygens (including phenoxy) is 6. The zero-order valence-electron chi connectivity index (χ0n) is 37.7. The molecule has 2 aromatic rings. The van der Waals surface area contributed by atoms with Gasteiger partial charge in [-0.15, -0.1) is 0 Å². The number of fused-ring (bicyclic) bond motifs is 5. The van der Waals surface area contributed by atoms with Gasteiger partial charge in [0.15, 0.2) is 23.6 Å². The summed E-state index contributed by atoms with van der Waals surface area (Å²) < 4.78 is 35.8. The number of amides is 1. The molecule has 350 valence electrons. The van der Waals surface area contributed by atoms with Gasteiger partial charge < -0.3 is 49.1 Å². The van der Waals surface area contributed by atoms with Crippen LogP contribution in [0.1, 0.15) is 104 Å². The van der Waals surface area contributed by atoms with E-state index in [2.05, 4.69) is 15.3 Å². The lowest BCUT2D eigenvalue weighted by Crippen LogP contribution is -2.82. The number of carbonyl (C=O) groups is 6. The smallest absolute Gasteiger partial charge is 0.408 e. The van der Waals surface area contributed by atoms with E-state index in [9.17, 15) is 39.3 Å². The Kier molecular flexibility index (Phi) is 13.3. The van der Waals surface area contributed by atoms with E-state index in [-0.39, 0.29) is 41.8 Å². The van der Waals surface area contributed by atoms with E-state index in [1.54, 1.807) is 51.1 Å². The summed E-state index contributed by atoms with van der Waals surface area (Å²) in [7, 11) is 0. The average molecular weight is 905 g/mol. The highest BCUT2D eigenvalue weighted by Gasteiger charge is 2.78. The van der Waals surface area contributed by atoms with Crippen LogP contribution < -0.4 is 5.32 Å². The monoisotopic (exact) mass is 904 g/mol. The lowest BCUT2D eigenvalue weighted by molar-refractivity contribution is -0.346. The molecule has 11 atom stereocenters. The van der Waals surface area contributed by atoms with Crippen molar-refractivity contribution in [2.24, 2.45) is 21.9 Å². The van der Waals surface area contributed by atoms with Gasteiger partial charge in [0.2, 0.25) is 0 Å². The maximum absolute atomic E-state index is 15.6. The van der Waals surface area contributed by atoms with Gasteiger partial charge in [0.05, 0.1) is 35.6 Å². The van der Waals surface area contributed by atoms with Crippen molar-refractivity contribution >= 4 is 41.4 Å². The predicted molar refractivity (Wildman–Crippen MR) is 227 cm³/mol. The molecule has 0 aromatic heterocycles. The van der Waals surface area contributed by atoms with Gasteiger partial charge >= 0.3 is 30.0 Å². The third-order valence-electron chi connectivity index (χ3n) is 13.3. The second kappa shape index (κ2) is 17.9. The van der Waals surface area contributed by atoms with Gasteiger partial charge in [0.25, 0.3) is 0 Å². The second-order valence-electron chi connectivity index (χ2n) is 18.8. The summed E-state index contributed by atoms with van der Waals surface area (Å²) in [5.74, 6) is -6.60. The molecule has 4 aliphatic rings. The number of Topliss-reactive ketones (excluding diaryl/α,β-unsaturated/α-hetero) is 1. The quantitative estimate of drug-likeness (QED) is 0.0566. The molecule has 4 N–H and O–H groups in total. The standard InChI is InChI=1S/C46H56N4O15/c1-10-31(53)62-35-32-23(2)28(61-40(57)34(54)33(25-15-12-11-13-16-25)48-41(58)65-42(4,5)6)21-46(59,43(32,7)8)38(63-39(56)26-17-14-18-27(19-26)49-50-47)36-44(9,37(35)55)29(52)20-30-45(36,22-60-30)64-24(3)51/h11-19,28-30,33-36,38,52,54,59H,10,20-22H2,1-9H3,(H,48,58)/t28-,29-,30+,33-,34+,35+,36-,38-,44+,45-,46+/m0/s1. The van der Waals surface area contributed by atoms with Crippen molar-refractivity contribution in [1.29, 1.82) is 0 Å². The first-order valence-corrected chi connectivity index (χ1v) is 21.3. The van der Waals surface area contributed by atoms with Crippen LogP contribution in [-0.4, -0.2) is 111 Å². The van der Waals surface area contributed by atoms with Crippen LogP contribution in [0.25, 0.3) is 10.4 Å². The molecule has 19 nitrogen and oxygen atoms in total. The highest BCUT2D eigenvalue weighted by molar-refractivity contribution is 5.96. The number of nitrogens with zero attached hydrogens (tertiary/aromatic N) is 3. The van der Waals surface area contributed by atoms with Crippen LogP contribution in [0.2, 0.25) is 0 Å². The van der Waals surface area contributed by atoms with E-state index >= 15 is 4.79 Å². The Labute approximate surface area is 375 Å². The maximum Gasteiger partial charge on any atom is 0.408 e. The topological polar surface area (TPSA) is 279 Å². The fourth-order valence-corrected chi connectivity index (χ4v) is 10.0. The van der Waals surface area contributed by atoms with E-state index in [0.717, 1.165) is 6.92 Å². The Bertz CT molecular complexity index is 2320. The first-order chi connectivity index (χ1) is 30.4. The summed E-state index contributed by atoms with van der Waals surface area (Å²) in [5.41, 5.74) is 0.202. The molecular weight excluding hydrogens is 849 g/mol. The number of nitrogens with one attached hydrogen (secondary N) is 1. The van der Waals surface area contributed by atoms with Crippen LogP contribution in [-0.2, 0) is 47.6 Å². The van der Waals surface area contributed by atoms with Gasteiger partial charge in [-0.3, -0.25) is 14.4 Å². The van der Waals surface area contributed by atoms with Crippen molar-refractivity contribution < 1.29 is 72.5 Å². The van der Waals surface area contributed by atoms with Crippen molar-refractivity contribution in [3.63, 3.8) is 0 Å². The summed E-state index contributed by atoms with van der Waals surface area (Å²) in [6.45, 7) is 13.0. The van der Waals surface area contributed by atoms with Crippen molar-refractivity contribution in [2.45, 2.75) is 141 Å². The number of alkyl carbamates (subject to hydrolysis) is 1. The third-order valence-corrected chi connectivity index (χ3v) is 13.3. The first-order valence-electron chi connectivity index (χ1n) is 21.3. The summed E-state index contributed by atoms with van der Waals surface area (Å²) in [6.07, 6.45) is -12.2. The molecule has 2 aromatic carbocycles. The molecule has 1 aliphatic heterocycles. The van der Waals surface area contributed by atoms with Crippen LogP contribution >= 0.6 is 0 Å². The van der Waals surface area contributed by atoms with Gasteiger partial charge in [-0.05, 0) is 69.0 Å². The number of azide groups is 1. The second-order valence-corrected chi connectivity index (χ2v) is 18.8. The van der Waals surface area contributed by atoms with Crippen molar-refractivity contribution in [1.82, 2.24) is 5.32 Å². The number of hydrogen-bond donors (Lipinski definition) is 4. The first kappa shape index (κ1) is 48.6. The fourth-order valence-electron chi connectivity index (χ4n) is 10.0. The molecule has 2 saturated carbocycles. The predicted octanol–water partition coefficient (Wildman–Crippen LogP) is 5.16. The Morgan fingerprint density at radius 2 is 1.71 bits per heavy atom. The van der Waals surface area contributed by atoms with Crippen molar-refractivity contribution in [2.75, 3.05) is 6.61 Å². The van der Waals surface area contributed by atoms with Gasteiger partial charge in [0, 0.05) is 42.2 Å². The van der Waals surface area contributed by atoms with Gasteiger partial charge in [0.1, 0.15) is 29.5 Å². The minimum atomic E-state index is -2.49. The minimum Gasteiger partial charge on any atom is -0.456 e. The molecule has 3 aliphatic carbocycles. The number of carbonyl (C=O) groups excluding carboxylic acids is 6. The van der Waals surface area contributed by atoms with E-state index in [1.165, 1.54) is 58.9 Å². The van der Waals surface area contributed by atoms with E-state index in [0.29, 0.717) is 5.56 Å². The SMILES string of the molecule is CCC(=O)O[C@H]1C(=O)[C@@]2(C)[C@H]([C@H](OC(=O)c3cccc(N=[N+]=[N-])c3)[C@]3(O)C[C@H](OC(=O)[C@H](O)[C@@H](NC(=O)OC(C)(C)C)c4ccccc4)C(C)=C1C3(C)C)[C@]1(OC(C)=O)CO[C@@H]1C[C@@H]2O. The zero-order valence-corrected chi connectivity index (χ0v) is 37.7. The Balaban J connectivity index is 1.56. The molecule has 1 saturated heterocycles. The molecule has 6 rings (SSSR count). The van der Waals surface area contributed by atoms with E-state index in [1.807, 2.05) is 0 Å². The molecule has 1 heterocycles. The summed E-state index contributed by atoms with van der Waals surface area (Å²) in [5, 5.41) is 43.8. The molecule has 65 heavy (non-hydrogen) atoms. The number of aliphatic hydroxyl groups excluding tert-OH is 2. The van der Waals surface area contributed by atoms with Crippen LogP contribution in [0, 0.1) is 16.7 Å². The van der Waals surface area contributed by atoms with Gasteiger partial charge in [-0.1, -0.05) is 68.4 Å². The van der Waals surface area contributed by atoms with Crippen LogP contribution in [0.15, 0.2) is 70.9 Å². The number of ketones is 1.